The lowest BCUT2D eigenvalue weighted by Gasteiger charge is -2.27. The molecule has 1 aliphatic heterocycles. The van der Waals surface area contributed by atoms with E-state index in [9.17, 15) is 0 Å². The average molecular weight is 196 g/mol. The zero-order valence-electron chi connectivity index (χ0n) is 8.15. The molecule has 1 aromatic rings. The SMILES string of the molecule is NCCN(c1cn[nH]c1)C1CCOC1. The monoisotopic (exact) mass is 196 g/mol. The summed E-state index contributed by atoms with van der Waals surface area (Å²) in [6.45, 7) is 3.16. The summed E-state index contributed by atoms with van der Waals surface area (Å²) >= 11 is 0. The molecular weight excluding hydrogens is 180 g/mol. The molecule has 0 bridgehead atoms. The van der Waals surface area contributed by atoms with E-state index in [0.29, 0.717) is 12.6 Å². The van der Waals surface area contributed by atoms with Crippen LogP contribution >= 0.6 is 0 Å². The van der Waals surface area contributed by atoms with E-state index in [1.165, 1.54) is 0 Å². The summed E-state index contributed by atoms with van der Waals surface area (Å²) < 4.78 is 5.37. The van der Waals surface area contributed by atoms with Gasteiger partial charge in [-0.2, -0.15) is 5.10 Å². The number of hydrogen-bond acceptors (Lipinski definition) is 4. The van der Waals surface area contributed by atoms with Crippen LogP contribution in [-0.4, -0.2) is 42.5 Å². The number of aromatic nitrogens is 2. The molecule has 1 saturated heterocycles. The lowest BCUT2D eigenvalue weighted by molar-refractivity contribution is 0.193. The number of aromatic amines is 1. The van der Waals surface area contributed by atoms with Gasteiger partial charge >= 0.3 is 0 Å². The summed E-state index contributed by atoms with van der Waals surface area (Å²) in [5.41, 5.74) is 6.69. The normalized spacial score (nSPS) is 21.4. The van der Waals surface area contributed by atoms with Crippen molar-refractivity contribution in [2.24, 2.45) is 5.73 Å². The number of nitrogens with one attached hydrogen (secondary N) is 1. The van der Waals surface area contributed by atoms with Crippen LogP contribution in [0.4, 0.5) is 5.69 Å². The Labute approximate surface area is 83.2 Å². The quantitative estimate of drug-likeness (QED) is 0.709. The van der Waals surface area contributed by atoms with Gasteiger partial charge in [-0.15, -0.1) is 0 Å². The fourth-order valence-corrected chi connectivity index (χ4v) is 1.83. The molecule has 78 valence electrons. The van der Waals surface area contributed by atoms with Crippen molar-refractivity contribution in [2.75, 3.05) is 31.2 Å². The van der Waals surface area contributed by atoms with Crippen molar-refractivity contribution in [1.29, 1.82) is 0 Å². The maximum Gasteiger partial charge on any atom is 0.0753 e. The van der Waals surface area contributed by atoms with E-state index in [1.807, 2.05) is 12.4 Å². The molecule has 0 amide bonds. The van der Waals surface area contributed by atoms with Gasteiger partial charge in [0.2, 0.25) is 0 Å². The van der Waals surface area contributed by atoms with Crippen molar-refractivity contribution < 1.29 is 4.74 Å². The van der Waals surface area contributed by atoms with Crippen molar-refractivity contribution in [1.82, 2.24) is 10.2 Å². The van der Waals surface area contributed by atoms with Crippen LogP contribution in [0.25, 0.3) is 0 Å². The number of anilines is 1. The van der Waals surface area contributed by atoms with E-state index >= 15 is 0 Å². The summed E-state index contributed by atoms with van der Waals surface area (Å²) in [6, 6.07) is 0.455. The summed E-state index contributed by atoms with van der Waals surface area (Å²) in [6.07, 6.45) is 4.80. The van der Waals surface area contributed by atoms with Gasteiger partial charge < -0.3 is 15.4 Å². The Morgan fingerprint density at radius 3 is 3.21 bits per heavy atom. The Morgan fingerprint density at radius 1 is 1.71 bits per heavy atom. The van der Waals surface area contributed by atoms with Gasteiger partial charge in [0.05, 0.1) is 24.5 Å². The molecule has 0 saturated carbocycles. The maximum absolute atomic E-state index is 5.59. The fraction of sp³-hybridized carbons (Fsp3) is 0.667. The van der Waals surface area contributed by atoms with Gasteiger partial charge in [-0.1, -0.05) is 0 Å². The Morgan fingerprint density at radius 2 is 2.64 bits per heavy atom. The first-order valence-electron chi connectivity index (χ1n) is 4.95. The van der Waals surface area contributed by atoms with Crippen LogP contribution in [0.1, 0.15) is 6.42 Å². The molecule has 1 atom stereocenters. The third-order valence-corrected chi connectivity index (χ3v) is 2.53. The third-order valence-electron chi connectivity index (χ3n) is 2.53. The van der Waals surface area contributed by atoms with Gasteiger partial charge in [0.25, 0.3) is 0 Å². The minimum Gasteiger partial charge on any atom is -0.379 e. The molecule has 2 rings (SSSR count). The molecule has 1 fully saturated rings. The smallest absolute Gasteiger partial charge is 0.0753 e. The summed E-state index contributed by atoms with van der Waals surface area (Å²) in [5.74, 6) is 0. The maximum atomic E-state index is 5.59. The van der Waals surface area contributed by atoms with Crippen molar-refractivity contribution in [2.45, 2.75) is 12.5 Å². The van der Waals surface area contributed by atoms with E-state index in [0.717, 1.165) is 31.9 Å². The zero-order valence-corrected chi connectivity index (χ0v) is 8.15. The van der Waals surface area contributed by atoms with Crippen molar-refractivity contribution in [3.8, 4) is 0 Å². The predicted molar refractivity (Wildman–Crippen MR) is 54.2 cm³/mol. The van der Waals surface area contributed by atoms with E-state index in [1.54, 1.807) is 0 Å². The van der Waals surface area contributed by atoms with Crippen LogP contribution in [0.3, 0.4) is 0 Å². The molecule has 0 spiro atoms. The van der Waals surface area contributed by atoms with E-state index in [4.69, 9.17) is 10.5 Å². The number of nitrogens with two attached hydrogens (primary N) is 1. The topological polar surface area (TPSA) is 67.2 Å². The molecule has 14 heavy (non-hydrogen) atoms. The van der Waals surface area contributed by atoms with Crippen LogP contribution in [0.2, 0.25) is 0 Å². The van der Waals surface area contributed by atoms with Crippen molar-refractivity contribution in [3.63, 3.8) is 0 Å². The van der Waals surface area contributed by atoms with Gasteiger partial charge in [0.15, 0.2) is 0 Å². The Balaban J connectivity index is 2.06. The number of nitrogens with zero attached hydrogens (tertiary/aromatic N) is 2. The predicted octanol–water partition coefficient (Wildman–Crippen LogP) is -0.0363. The number of H-pyrrole nitrogens is 1. The Hall–Kier alpha value is -1.07. The van der Waals surface area contributed by atoms with Crippen LogP contribution in [0.5, 0.6) is 0 Å². The molecule has 1 aromatic heterocycles. The minimum atomic E-state index is 0.455. The second-order valence-electron chi connectivity index (χ2n) is 3.46. The summed E-state index contributed by atoms with van der Waals surface area (Å²) in [7, 11) is 0. The Bertz CT molecular complexity index is 256. The van der Waals surface area contributed by atoms with Gasteiger partial charge in [-0.05, 0) is 6.42 Å². The first-order chi connectivity index (χ1) is 6.92. The largest absolute Gasteiger partial charge is 0.379 e. The molecule has 1 unspecified atom stereocenters. The zero-order chi connectivity index (χ0) is 9.80. The van der Waals surface area contributed by atoms with Crippen LogP contribution in [0.15, 0.2) is 12.4 Å². The van der Waals surface area contributed by atoms with Crippen LogP contribution < -0.4 is 10.6 Å². The molecule has 0 aliphatic carbocycles. The third kappa shape index (κ3) is 1.88. The minimum absolute atomic E-state index is 0.455. The molecule has 5 heteroatoms. The van der Waals surface area contributed by atoms with E-state index < -0.39 is 0 Å². The standard InChI is InChI=1S/C9H16N4O/c10-2-3-13(8-1-4-14-7-8)9-5-11-12-6-9/h5-6,8H,1-4,7,10H2,(H,11,12). The highest BCUT2D eigenvalue weighted by molar-refractivity contribution is 5.43. The van der Waals surface area contributed by atoms with Gasteiger partial charge in [-0.3, -0.25) is 5.10 Å². The van der Waals surface area contributed by atoms with E-state index in [-0.39, 0.29) is 0 Å². The second kappa shape index (κ2) is 4.43. The molecule has 0 radical (unpaired) electrons. The molecule has 0 aromatic carbocycles. The van der Waals surface area contributed by atoms with Crippen molar-refractivity contribution in [3.05, 3.63) is 12.4 Å². The van der Waals surface area contributed by atoms with Crippen LogP contribution in [0, 0.1) is 0 Å². The highest BCUT2D eigenvalue weighted by Gasteiger charge is 2.23. The molecule has 5 nitrogen and oxygen atoms in total. The number of ether oxygens (including phenoxy) is 1. The van der Waals surface area contributed by atoms with Crippen LogP contribution in [-0.2, 0) is 4.74 Å². The molecule has 3 N–H and O–H groups in total. The highest BCUT2D eigenvalue weighted by Crippen LogP contribution is 2.19. The molecular formula is C9H16N4O. The summed E-state index contributed by atoms with van der Waals surface area (Å²) in [4.78, 5) is 2.26. The average Bonchev–Trinajstić information content (AvgIpc) is 2.87. The van der Waals surface area contributed by atoms with Gasteiger partial charge in [0.1, 0.15) is 0 Å². The molecule has 1 aliphatic rings. The van der Waals surface area contributed by atoms with Gasteiger partial charge in [0, 0.05) is 25.9 Å². The number of rotatable bonds is 4. The first-order valence-corrected chi connectivity index (χ1v) is 4.95. The highest BCUT2D eigenvalue weighted by atomic mass is 16.5. The Kier molecular flexibility index (Phi) is 3.00. The molecule has 2 heterocycles. The lowest BCUT2D eigenvalue weighted by atomic mass is 10.2. The van der Waals surface area contributed by atoms with Gasteiger partial charge in [-0.25, -0.2) is 0 Å². The number of hydrogen-bond donors (Lipinski definition) is 2. The summed E-state index contributed by atoms with van der Waals surface area (Å²) in [5, 5.41) is 6.77. The first kappa shape index (κ1) is 9.48. The fourth-order valence-electron chi connectivity index (χ4n) is 1.83. The van der Waals surface area contributed by atoms with E-state index in [2.05, 4.69) is 15.1 Å². The van der Waals surface area contributed by atoms with Crippen molar-refractivity contribution >= 4 is 5.69 Å². The lowest BCUT2D eigenvalue weighted by Crippen LogP contribution is -2.39. The second-order valence-corrected chi connectivity index (χ2v) is 3.46.